The van der Waals surface area contributed by atoms with Gasteiger partial charge in [0.15, 0.2) is 0 Å². The summed E-state index contributed by atoms with van der Waals surface area (Å²) in [5, 5.41) is 0. The largest absolute Gasteiger partial charge is 0.299 e. The standard InChI is InChI=1S/C11H16N2/c1-13-9-3-2-4-11(13)10-5-7-12-8-6-10/h5-8,11H,2-4,9H2,1H3/t11-/m1/s1. The molecule has 70 valence electrons. The molecule has 13 heavy (non-hydrogen) atoms. The predicted molar refractivity (Wildman–Crippen MR) is 53.5 cm³/mol. The maximum absolute atomic E-state index is 4.05. The first kappa shape index (κ1) is 8.70. The van der Waals surface area contributed by atoms with E-state index in [9.17, 15) is 0 Å². The van der Waals surface area contributed by atoms with Gasteiger partial charge in [-0.15, -0.1) is 0 Å². The topological polar surface area (TPSA) is 16.1 Å². The number of piperidine rings is 1. The van der Waals surface area contributed by atoms with E-state index >= 15 is 0 Å². The van der Waals surface area contributed by atoms with Crippen molar-refractivity contribution < 1.29 is 0 Å². The first-order valence-corrected chi connectivity index (χ1v) is 4.98. The molecule has 1 fully saturated rings. The molecule has 0 radical (unpaired) electrons. The second-order valence-corrected chi connectivity index (χ2v) is 3.77. The molecule has 1 saturated heterocycles. The minimum absolute atomic E-state index is 0.622. The number of pyridine rings is 1. The molecule has 1 aliphatic rings. The van der Waals surface area contributed by atoms with Crippen molar-refractivity contribution in [1.29, 1.82) is 0 Å². The van der Waals surface area contributed by atoms with Gasteiger partial charge in [0.1, 0.15) is 0 Å². The van der Waals surface area contributed by atoms with E-state index in [0.717, 1.165) is 0 Å². The zero-order valence-electron chi connectivity index (χ0n) is 8.11. The third-order valence-corrected chi connectivity index (χ3v) is 2.86. The Labute approximate surface area is 79.6 Å². The first-order valence-electron chi connectivity index (χ1n) is 4.98. The minimum atomic E-state index is 0.622. The summed E-state index contributed by atoms with van der Waals surface area (Å²) < 4.78 is 0. The second kappa shape index (κ2) is 3.88. The van der Waals surface area contributed by atoms with Crippen molar-refractivity contribution in [3.05, 3.63) is 30.1 Å². The van der Waals surface area contributed by atoms with E-state index in [-0.39, 0.29) is 0 Å². The fraction of sp³-hybridized carbons (Fsp3) is 0.545. The van der Waals surface area contributed by atoms with Crippen LogP contribution in [0.1, 0.15) is 30.9 Å². The number of nitrogens with zero attached hydrogens (tertiary/aromatic N) is 2. The molecule has 0 N–H and O–H groups in total. The van der Waals surface area contributed by atoms with E-state index in [1.165, 1.54) is 31.4 Å². The van der Waals surface area contributed by atoms with Crippen LogP contribution in [0.4, 0.5) is 0 Å². The lowest BCUT2D eigenvalue weighted by Crippen LogP contribution is -2.29. The predicted octanol–water partition coefficient (Wildman–Crippen LogP) is 2.24. The summed E-state index contributed by atoms with van der Waals surface area (Å²) in [6, 6.07) is 4.88. The first-order chi connectivity index (χ1) is 6.38. The summed E-state index contributed by atoms with van der Waals surface area (Å²) in [5.74, 6) is 0. The minimum Gasteiger partial charge on any atom is -0.299 e. The highest BCUT2D eigenvalue weighted by atomic mass is 15.1. The molecule has 0 spiro atoms. The summed E-state index contributed by atoms with van der Waals surface area (Å²) in [6.07, 6.45) is 7.77. The SMILES string of the molecule is CN1CCCC[C@@H]1c1ccncc1. The molecule has 1 aromatic rings. The number of aromatic nitrogens is 1. The lowest BCUT2D eigenvalue weighted by Gasteiger charge is -2.32. The average Bonchev–Trinajstić information content (AvgIpc) is 2.20. The molecule has 2 nitrogen and oxygen atoms in total. The van der Waals surface area contributed by atoms with Crippen LogP contribution in [-0.2, 0) is 0 Å². The molecule has 1 atom stereocenters. The maximum atomic E-state index is 4.05. The van der Waals surface area contributed by atoms with Gasteiger partial charge >= 0.3 is 0 Å². The number of rotatable bonds is 1. The van der Waals surface area contributed by atoms with Gasteiger partial charge in [-0.05, 0) is 44.1 Å². The van der Waals surface area contributed by atoms with Crippen LogP contribution in [0.25, 0.3) is 0 Å². The summed E-state index contributed by atoms with van der Waals surface area (Å²) in [4.78, 5) is 6.49. The molecular formula is C11H16N2. The van der Waals surface area contributed by atoms with Crippen molar-refractivity contribution in [1.82, 2.24) is 9.88 Å². The Balaban J connectivity index is 2.15. The van der Waals surface area contributed by atoms with E-state index < -0.39 is 0 Å². The number of likely N-dealkylation sites (tertiary alicyclic amines) is 1. The van der Waals surface area contributed by atoms with Crippen LogP contribution in [0.15, 0.2) is 24.5 Å². The van der Waals surface area contributed by atoms with Crippen molar-refractivity contribution in [3.8, 4) is 0 Å². The van der Waals surface area contributed by atoms with Gasteiger partial charge in [-0.2, -0.15) is 0 Å². The number of hydrogen-bond acceptors (Lipinski definition) is 2. The van der Waals surface area contributed by atoms with Gasteiger partial charge < -0.3 is 0 Å². The van der Waals surface area contributed by atoms with Gasteiger partial charge in [-0.1, -0.05) is 6.42 Å². The Kier molecular flexibility index (Phi) is 2.60. The lowest BCUT2D eigenvalue weighted by atomic mass is 9.97. The van der Waals surface area contributed by atoms with Crippen molar-refractivity contribution >= 4 is 0 Å². The molecule has 1 aromatic heterocycles. The van der Waals surface area contributed by atoms with Crippen LogP contribution < -0.4 is 0 Å². The highest BCUT2D eigenvalue weighted by Gasteiger charge is 2.19. The molecule has 0 bridgehead atoms. The van der Waals surface area contributed by atoms with Crippen molar-refractivity contribution in [2.45, 2.75) is 25.3 Å². The fourth-order valence-electron chi connectivity index (χ4n) is 2.08. The Morgan fingerprint density at radius 3 is 2.77 bits per heavy atom. The summed E-state index contributed by atoms with van der Waals surface area (Å²) >= 11 is 0. The molecule has 0 saturated carbocycles. The van der Waals surface area contributed by atoms with Crippen LogP contribution in [0, 0.1) is 0 Å². The molecular weight excluding hydrogens is 160 g/mol. The van der Waals surface area contributed by atoms with Gasteiger partial charge in [-0.3, -0.25) is 9.88 Å². The third kappa shape index (κ3) is 1.89. The smallest absolute Gasteiger partial charge is 0.0346 e. The molecule has 2 heterocycles. The maximum Gasteiger partial charge on any atom is 0.0346 e. The van der Waals surface area contributed by atoms with E-state index in [1.807, 2.05) is 12.4 Å². The van der Waals surface area contributed by atoms with E-state index in [1.54, 1.807) is 0 Å². The zero-order chi connectivity index (χ0) is 9.10. The summed E-state index contributed by atoms with van der Waals surface area (Å²) in [6.45, 7) is 1.23. The molecule has 0 aromatic carbocycles. The zero-order valence-corrected chi connectivity index (χ0v) is 8.11. The normalized spacial score (nSPS) is 24.5. The summed E-state index contributed by atoms with van der Waals surface area (Å²) in [7, 11) is 2.21. The van der Waals surface area contributed by atoms with Crippen LogP contribution in [0.5, 0.6) is 0 Å². The van der Waals surface area contributed by atoms with Crippen molar-refractivity contribution in [2.24, 2.45) is 0 Å². The molecule has 2 rings (SSSR count). The lowest BCUT2D eigenvalue weighted by molar-refractivity contribution is 0.187. The van der Waals surface area contributed by atoms with Gasteiger partial charge in [0.2, 0.25) is 0 Å². The Bertz CT molecular complexity index is 258. The van der Waals surface area contributed by atoms with Gasteiger partial charge in [0, 0.05) is 18.4 Å². The van der Waals surface area contributed by atoms with E-state index in [0.29, 0.717) is 6.04 Å². The average molecular weight is 176 g/mol. The molecule has 2 heteroatoms. The van der Waals surface area contributed by atoms with Crippen LogP contribution >= 0.6 is 0 Å². The quantitative estimate of drug-likeness (QED) is 0.652. The third-order valence-electron chi connectivity index (χ3n) is 2.86. The van der Waals surface area contributed by atoms with Gasteiger partial charge in [0.05, 0.1) is 0 Å². The van der Waals surface area contributed by atoms with Crippen LogP contribution in [-0.4, -0.2) is 23.5 Å². The van der Waals surface area contributed by atoms with Crippen molar-refractivity contribution in [3.63, 3.8) is 0 Å². The molecule has 0 amide bonds. The van der Waals surface area contributed by atoms with Crippen LogP contribution in [0.2, 0.25) is 0 Å². The fourth-order valence-corrected chi connectivity index (χ4v) is 2.08. The highest BCUT2D eigenvalue weighted by molar-refractivity contribution is 5.15. The highest BCUT2D eigenvalue weighted by Crippen LogP contribution is 2.28. The Hall–Kier alpha value is -0.890. The van der Waals surface area contributed by atoms with Crippen LogP contribution in [0.3, 0.4) is 0 Å². The van der Waals surface area contributed by atoms with Gasteiger partial charge in [0.25, 0.3) is 0 Å². The van der Waals surface area contributed by atoms with Crippen molar-refractivity contribution in [2.75, 3.05) is 13.6 Å². The Morgan fingerprint density at radius 2 is 2.08 bits per heavy atom. The van der Waals surface area contributed by atoms with E-state index in [4.69, 9.17) is 0 Å². The second-order valence-electron chi connectivity index (χ2n) is 3.77. The molecule has 1 aliphatic heterocycles. The monoisotopic (exact) mass is 176 g/mol. The summed E-state index contributed by atoms with van der Waals surface area (Å²) in [5.41, 5.74) is 1.41. The molecule has 0 aliphatic carbocycles. The number of hydrogen-bond donors (Lipinski definition) is 0. The van der Waals surface area contributed by atoms with E-state index in [2.05, 4.69) is 29.1 Å². The molecule has 0 unspecified atom stereocenters. The van der Waals surface area contributed by atoms with Gasteiger partial charge in [-0.25, -0.2) is 0 Å². The Morgan fingerprint density at radius 1 is 1.31 bits per heavy atom.